The largest absolute Gasteiger partial charge is 0.444 e. The average Bonchev–Trinajstić information content (AvgIpc) is 2.82. The summed E-state index contributed by atoms with van der Waals surface area (Å²) in [7, 11) is 0. The van der Waals surface area contributed by atoms with Crippen molar-refractivity contribution in [2.24, 2.45) is 0 Å². The highest BCUT2D eigenvalue weighted by molar-refractivity contribution is 5.99. The number of carbonyl (C=O) groups excluding carboxylic acids is 3. The van der Waals surface area contributed by atoms with Crippen LogP contribution in [0.1, 0.15) is 68.8 Å². The molecule has 2 aromatic rings. The zero-order valence-corrected chi connectivity index (χ0v) is 23.1. The van der Waals surface area contributed by atoms with Crippen LogP contribution in [0.2, 0.25) is 0 Å². The molecule has 0 bridgehead atoms. The van der Waals surface area contributed by atoms with Crippen molar-refractivity contribution in [2.75, 3.05) is 18.5 Å². The van der Waals surface area contributed by atoms with Crippen LogP contribution >= 0.6 is 0 Å². The number of para-hydroxylation sites is 1. The molecule has 0 fully saturated rings. The monoisotopic (exact) mass is 511 g/mol. The number of nitrogens with zero attached hydrogens (tertiary/aromatic N) is 1. The normalized spacial score (nSPS) is 12.9. The Morgan fingerprint density at radius 2 is 1.65 bits per heavy atom. The van der Waals surface area contributed by atoms with Crippen LogP contribution in [-0.4, -0.2) is 52.7 Å². The molecule has 0 saturated heterocycles. The second-order valence-electron chi connectivity index (χ2n) is 10.3. The first kappa shape index (κ1) is 29.8. The first-order chi connectivity index (χ1) is 17.4. The first-order valence-corrected chi connectivity index (χ1v) is 12.7. The van der Waals surface area contributed by atoms with Crippen LogP contribution in [0.5, 0.6) is 0 Å². The summed E-state index contributed by atoms with van der Waals surface area (Å²) in [5.74, 6) is -0.936. The lowest BCUT2D eigenvalue weighted by atomic mass is 9.94. The molecular formula is C29H41N3O5. The van der Waals surface area contributed by atoms with Gasteiger partial charge in [-0.25, -0.2) is 4.79 Å². The van der Waals surface area contributed by atoms with Gasteiger partial charge in [0.1, 0.15) is 17.7 Å². The summed E-state index contributed by atoms with van der Waals surface area (Å²) in [6, 6.07) is 10.8. The van der Waals surface area contributed by atoms with Crippen LogP contribution in [0, 0.1) is 20.8 Å². The predicted octanol–water partition coefficient (Wildman–Crippen LogP) is 4.81. The zero-order chi connectivity index (χ0) is 27.8. The number of unbranched alkanes of at least 4 members (excludes halogenated alkanes) is 1. The fourth-order valence-electron chi connectivity index (χ4n) is 3.97. The Bertz CT molecular complexity index is 1090. The van der Waals surface area contributed by atoms with E-state index in [1.165, 1.54) is 4.90 Å². The number of ether oxygens (including phenoxy) is 1. The van der Waals surface area contributed by atoms with Gasteiger partial charge in [0, 0.05) is 12.2 Å². The van der Waals surface area contributed by atoms with Gasteiger partial charge in [0.15, 0.2) is 0 Å². The summed E-state index contributed by atoms with van der Waals surface area (Å²) in [6.07, 6.45) is 0.601. The molecule has 0 radical (unpaired) electrons. The molecule has 0 heterocycles. The van der Waals surface area contributed by atoms with E-state index in [9.17, 15) is 19.5 Å². The maximum atomic E-state index is 13.9. The number of aliphatic hydroxyl groups is 1. The number of rotatable bonds is 10. The molecule has 8 heteroatoms. The number of hydrogen-bond donors (Lipinski definition) is 3. The minimum atomic E-state index is -1.27. The summed E-state index contributed by atoms with van der Waals surface area (Å²) in [5, 5.41) is 15.5. The van der Waals surface area contributed by atoms with Gasteiger partial charge in [0.25, 0.3) is 5.91 Å². The van der Waals surface area contributed by atoms with Gasteiger partial charge >= 0.3 is 6.09 Å². The lowest BCUT2D eigenvalue weighted by Crippen LogP contribution is -2.54. The zero-order valence-electron chi connectivity index (χ0n) is 23.1. The van der Waals surface area contributed by atoms with Crippen molar-refractivity contribution in [2.45, 2.75) is 79.0 Å². The van der Waals surface area contributed by atoms with E-state index >= 15 is 0 Å². The van der Waals surface area contributed by atoms with Gasteiger partial charge in [0.05, 0.1) is 6.61 Å². The molecule has 2 rings (SSSR count). The van der Waals surface area contributed by atoms with Crippen molar-refractivity contribution in [3.63, 3.8) is 0 Å². The SMILES string of the molecule is CCCCN(C(=O)C(CO)NC(=O)OC(C)(C)C)C(C(=O)Nc1ccccc1C)c1cccc(C)c1C. The molecule has 0 saturated carbocycles. The number of aliphatic hydroxyl groups excluding tert-OH is 1. The molecule has 0 aliphatic rings. The molecular weight excluding hydrogens is 470 g/mol. The number of alkyl carbamates (subject to hydrolysis) is 1. The summed E-state index contributed by atoms with van der Waals surface area (Å²) in [6.45, 7) is 12.5. The van der Waals surface area contributed by atoms with Gasteiger partial charge in [-0.1, -0.05) is 49.7 Å². The van der Waals surface area contributed by atoms with Gasteiger partial charge in [-0.05, 0) is 76.3 Å². The third-order valence-corrected chi connectivity index (χ3v) is 6.11. The molecule has 3 N–H and O–H groups in total. The fourth-order valence-corrected chi connectivity index (χ4v) is 3.97. The molecule has 8 nitrogen and oxygen atoms in total. The molecule has 2 atom stereocenters. The summed E-state index contributed by atoms with van der Waals surface area (Å²) in [5.41, 5.74) is 3.33. The van der Waals surface area contributed by atoms with E-state index < -0.39 is 36.3 Å². The summed E-state index contributed by atoms with van der Waals surface area (Å²) >= 11 is 0. The third-order valence-electron chi connectivity index (χ3n) is 6.11. The predicted molar refractivity (Wildman–Crippen MR) is 145 cm³/mol. The third kappa shape index (κ3) is 8.32. The second kappa shape index (κ2) is 13.2. The van der Waals surface area contributed by atoms with Gasteiger partial charge in [-0.15, -0.1) is 0 Å². The van der Waals surface area contributed by atoms with Crippen LogP contribution in [0.15, 0.2) is 42.5 Å². The Labute approximate surface area is 220 Å². The van der Waals surface area contributed by atoms with E-state index in [1.54, 1.807) is 20.8 Å². The lowest BCUT2D eigenvalue weighted by Gasteiger charge is -2.35. The second-order valence-corrected chi connectivity index (χ2v) is 10.3. The molecule has 202 valence electrons. The Balaban J connectivity index is 2.53. The van der Waals surface area contributed by atoms with Crippen molar-refractivity contribution in [1.82, 2.24) is 10.2 Å². The minimum absolute atomic E-state index is 0.265. The van der Waals surface area contributed by atoms with Gasteiger partial charge in [0.2, 0.25) is 5.91 Å². The van der Waals surface area contributed by atoms with Crippen molar-refractivity contribution in [1.29, 1.82) is 0 Å². The maximum Gasteiger partial charge on any atom is 0.408 e. The van der Waals surface area contributed by atoms with Gasteiger partial charge < -0.3 is 25.4 Å². The standard InChI is InChI=1S/C29H41N3O5/c1-8-9-17-32(27(35)24(18-33)31-28(36)37-29(5,6)7)25(22-15-12-14-19(2)21(22)4)26(34)30-23-16-11-10-13-20(23)3/h10-16,24-25,33H,8-9,17-18H2,1-7H3,(H,30,34)(H,31,36). The first-order valence-electron chi connectivity index (χ1n) is 12.7. The topological polar surface area (TPSA) is 108 Å². The highest BCUT2D eigenvalue weighted by Gasteiger charge is 2.36. The van der Waals surface area contributed by atoms with Crippen molar-refractivity contribution < 1.29 is 24.2 Å². The maximum absolute atomic E-state index is 13.9. The summed E-state index contributed by atoms with van der Waals surface area (Å²) < 4.78 is 5.29. The highest BCUT2D eigenvalue weighted by atomic mass is 16.6. The molecule has 0 spiro atoms. The Morgan fingerprint density at radius 1 is 1.00 bits per heavy atom. The van der Waals surface area contributed by atoms with E-state index in [2.05, 4.69) is 10.6 Å². The van der Waals surface area contributed by atoms with Crippen LogP contribution in [-0.2, 0) is 14.3 Å². The molecule has 0 aromatic heterocycles. The van der Waals surface area contributed by atoms with E-state index in [1.807, 2.05) is 70.2 Å². The molecule has 0 aliphatic heterocycles. The molecule has 37 heavy (non-hydrogen) atoms. The number of aryl methyl sites for hydroxylation is 2. The van der Waals surface area contributed by atoms with Crippen LogP contribution in [0.3, 0.4) is 0 Å². The van der Waals surface area contributed by atoms with E-state index in [0.29, 0.717) is 17.7 Å². The number of amides is 3. The smallest absolute Gasteiger partial charge is 0.408 e. The number of hydrogen-bond acceptors (Lipinski definition) is 5. The fraction of sp³-hybridized carbons (Fsp3) is 0.483. The number of carbonyl (C=O) groups is 3. The van der Waals surface area contributed by atoms with Crippen LogP contribution in [0.25, 0.3) is 0 Å². The van der Waals surface area contributed by atoms with Crippen molar-refractivity contribution in [3.8, 4) is 0 Å². The Kier molecular flexibility index (Phi) is 10.7. The lowest BCUT2D eigenvalue weighted by molar-refractivity contribution is -0.141. The highest BCUT2D eigenvalue weighted by Crippen LogP contribution is 2.29. The Hall–Kier alpha value is -3.39. The van der Waals surface area contributed by atoms with Crippen molar-refractivity contribution >= 4 is 23.6 Å². The molecule has 2 aromatic carbocycles. The van der Waals surface area contributed by atoms with Gasteiger partial charge in [-0.2, -0.15) is 0 Å². The van der Waals surface area contributed by atoms with E-state index in [-0.39, 0.29) is 12.5 Å². The Morgan fingerprint density at radius 3 is 2.24 bits per heavy atom. The number of benzene rings is 2. The van der Waals surface area contributed by atoms with E-state index in [4.69, 9.17) is 4.74 Å². The molecule has 3 amide bonds. The van der Waals surface area contributed by atoms with Crippen LogP contribution in [0.4, 0.5) is 10.5 Å². The van der Waals surface area contributed by atoms with E-state index in [0.717, 1.165) is 23.1 Å². The number of anilines is 1. The molecule has 0 aliphatic carbocycles. The van der Waals surface area contributed by atoms with Crippen molar-refractivity contribution in [3.05, 3.63) is 64.7 Å². The van der Waals surface area contributed by atoms with Gasteiger partial charge in [-0.3, -0.25) is 9.59 Å². The quantitative estimate of drug-likeness (QED) is 0.424. The summed E-state index contributed by atoms with van der Waals surface area (Å²) in [4.78, 5) is 41.6. The number of nitrogens with one attached hydrogen (secondary N) is 2. The molecule has 2 unspecified atom stereocenters. The average molecular weight is 512 g/mol. The van der Waals surface area contributed by atoms with Crippen LogP contribution < -0.4 is 10.6 Å². The minimum Gasteiger partial charge on any atom is -0.444 e.